The Kier molecular flexibility index (Phi) is 10.2. The zero-order chi connectivity index (χ0) is 21.8. The molecule has 1 aliphatic heterocycles. The molecule has 30 heavy (non-hydrogen) atoms. The lowest BCUT2D eigenvalue weighted by molar-refractivity contribution is 0.305. The summed E-state index contributed by atoms with van der Waals surface area (Å²) in [5.74, 6) is 2.56. The molecule has 1 fully saturated rings. The molecule has 0 amide bonds. The minimum Gasteiger partial charge on any atom is -0.497 e. The molecular weight excluding hydrogens is 404 g/mol. The number of ether oxygens (including phenoxy) is 2. The van der Waals surface area contributed by atoms with Crippen LogP contribution in [0.25, 0.3) is 0 Å². The third-order valence-corrected chi connectivity index (χ3v) is 6.95. The van der Waals surface area contributed by atoms with Gasteiger partial charge < -0.3 is 20.1 Å². The van der Waals surface area contributed by atoms with Crippen molar-refractivity contribution in [1.82, 2.24) is 14.9 Å². The average Bonchev–Trinajstić information content (AvgIpc) is 2.74. The third kappa shape index (κ3) is 8.02. The predicted molar refractivity (Wildman–Crippen MR) is 121 cm³/mol. The number of nitrogens with one attached hydrogen (secondary N) is 2. The van der Waals surface area contributed by atoms with Crippen molar-refractivity contribution in [2.45, 2.75) is 45.6 Å². The summed E-state index contributed by atoms with van der Waals surface area (Å²) in [6.45, 7) is 7.04. The number of sulfonamides is 1. The van der Waals surface area contributed by atoms with E-state index < -0.39 is 10.0 Å². The van der Waals surface area contributed by atoms with E-state index in [2.05, 4.69) is 15.6 Å². The summed E-state index contributed by atoms with van der Waals surface area (Å²) in [5.41, 5.74) is 0. The zero-order valence-electron chi connectivity index (χ0n) is 18.4. The van der Waals surface area contributed by atoms with Gasteiger partial charge >= 0.3 is 0 Å². The van der Waals surface area contributed by atoms with E-state index in [-0.39, 0.29) is 11.8 Å². The molecular formula is C21H36N4O4S. The Bertz CT molecular complexity index is 762. The molecule has 1 aromatic carbocycles. The Morgan fingerprint density at radius 3 is 2.63 bits per heavy atom. The highest BCUT2D eigenvalue weighted by atomic mass is 32.2. The van der Waals surface area contributed by atoms with Crippen LogP contribution in [0.1, 0.15) is 39.5 Å². The number of nitrogens with zero attached hydrogens (tertiary/aromatic N) is 2. The van der Waals surface area contributed by atoms with E-state index in [0.717, 1.165) is 43.3 Å². The van der Waals surface area contributed by atoms with Crippen LogP contribution in [0.5, 0.6) is 11.5 Å². The highest BCUT2D eigenvalue weighted by Gasteiger charge is 2.27. The second-order valence-electron chi connectivity index (χ2n) is 7.28. The van der Waals surface area contributed by atoms with Crippen LogP contribution in [0, 0.1) is 0 Å². The number of methoxy groups -OCH3 is 1. The van der Waals surface area contributed by atoms with Gasteiger partial charge in [-0.2, -0.15) is 0 Å². The fourth-order valence-electron chi connectivity index (χ4n) is 3.32. The van der Waals surface area contributed by atoms with E-state index in [0.29, 0.717) is 32.7 Å². The number of hydrogen-bond donors (Lipinski definition) is 2. The standard InChI is InChI=1S/C21H36N4O4S/c1-4-16-30(26,27)25-13-10-18(11-14-25)24-21(22-5-2)23-12-7-15-29-20-9-6-8-19(17-20)28-3/h6,8-9,17-18H,4-5,7,10-16H2,1-3H3,(H2,22,23,24). The fraction of sp³-hybridized carbons (Fsp3) is 0.667. The van der Waals surface area contributed by atoms with Gasteiger partial charge in [0.15, 0.2) is 5.96 Å². The molecule has 1 aliphatic rings. The molecule has 0 spiro atoms. The maximum atomic E-state index is 12.2. The van der Waals surface area contributed by atoms with Crippen LogP contribution in [-0.2, 0) is 10.0 Å². The van der Waals surface area contributed by atoms with E-state index >= 15 is 0 Å². The Labute approximate surface area is 181 Å². The van der Waals surface area contributed by atoms with Crippen molar-refractivity contribution >= 4 is 16.0 Å². The van der Waals surface area contributed by atoms with Gasteiger partial charge in [0.2, 0.25) is 10.0 Å². The van der Waals surface area contributed by atoms with Gasteiger partial charge in [-0.05, 0) is 38.3 Å². The maximum Gasteiger partial charge on any atom is 0.214 e. The van der Waals surface area contributed by atoms with Gasteiger partial charge in [0.05, 0.1) is 19.5 Å². The van der Waals surface area contributed by atoms with Gasteiger partial charge in [-0.25, -0.2) is 12.7 Å². The zero-order valence-corrected chi connectivity index (χ0v) is 19.2. The molecule has 9 heteroatoms. The summed E-state index contributed by atoms with van der Waals surface area (Å²) in [6.07, 6.45) is 3.01. The van der Waals surface area contributed by atoms with E-state index in [4.69, 9.17) is 9.47 Å². The number of benzene rings is 1. The molecule has 0 aliphatic carbocycles. The first-order chi connectivity index (χ1) is 14.5. The minimum absolute atomic E-state index is 0.226. The normalized spacial score (nSPS) is 16.3. The molecule has 1 heterocycles. The number of guanidine groups is 1. The van der Waals surface area contributed by atoms with Crippen LogP contribution in [-0.4, -0.2) is 70.4 Å². The summed E-state index contributed by atoms with van der Waals surface area (Å²) in [7, 11) is -1.47. The van der Waals surface area contributed by atoms with Crippen molar-refractivity contribution in [2.75, 3.05) is 45.6 Å². The van der Waals surface area contributed by atoms with Gasteiger partial charge in [-0.1, -0.05) is 13.0 Å². The first-order valence-electron chi connectivity index (χ1n) is 10.8. The lowest BCUT2D eigenvalue weighted by atomic mass is 10.1. The lowest BCUT2D eigenvalue weighted by Crippen LogP contribution is -2.50. The molecule has 0 bridgehead atoms. The Morgan fingerprint density at radius 1 is 1.23 bits per heavy atom. The summed E-state index contributed by atoms with van der Waals surface area (Å²) < 4.78 is 37.0. The molecule has 1 saturated heterocycles. The van der Waals surface area contributed by atoms with E-state index in [9.17, 15) is 8.42 Å². The number of rotatable bonds is 11. The Balaban J connectivity index is 1.75. The van der Waals surface area contributed by atoms with Crippen LogP contribution < -0.4 is 20.1 Å². The monoisotopic (exact) mass is 440 g/mol. The second kappa shape index (κ2) is 12.6. The summed E-state index contributed by atoms with van der Waals surface area (Å²) in [6, 6.07) is 7.78. The first kappa shape index (κ1) is 24.3. The van der Waals surface area contributed by atoms with Crippen LogP contribution in [0.15, 0.2) is 29.3 Å². The fourth-order valence-corrected chi connectivity index (χ4v) is 4.86. The largest absolute Gasteiger partial charge is 0.497 e. The van der Waals surface area contributed by atoms with Crippen molar-refractivity contribution in [3.8, 4) is 11.5 Å². The molecule has 0 atom stereocenters. The van der Waals surface area contributed by atoms with Crippen LogP contribution in [0.3, 0.4) is 0 Å². The van der Waals surface area contributed by atoms with Crippen LogP contribution in [0.2, 0.25) is 0 Å². The van der Waals surface area contributed by atoms with Crippen molar-refractivity contribution in [1.29, 1.82) is 0 Å². The molecule has 1 aromatic rings. The molecule has 0 unspecified atom stereocenters. The highest BCUT2D eigenvalue weighted by molar-refractivity contribution is 7.89. The summed E-state index contributed by atoms with van der Waals surface area (Å²) in [5, 5.41) is 6.71. The van der Waals surface area contributed by atoms with Crippen molar-refractivity contribution in [2.24, 2.45) is 4.99 Å². The topological polar surface area (TPSA) is 92.3 Å². The molecule has 2 rings (SSSR count). The molecule has 0 radical (unpaired) electrons. The molecule has 2 N–H and O–H groups in total. The van der Waals surface area contributed by atoms with E-state index in [1.54, 1.807) is 11.4 Å². The highest BCUT2D eigenvalue weighted by Crippen LogP contribution is 2.19. The van der Waals surface area contributed by atoms with Crippen LogP contribution in [0.4, 0.5) is 0 Å². The number of hydrogen-bond acceptors (Lipinski definition) is 5. The number of aliphatic imine (C=N–C) groups is 1. The SMILES string of the molecule is CCCS(=O)(=O)N1CCC(NC(=NCCCOc2cccc(OC)c2)NCC)CC1. The van der Waals surface area contributed by atoms with E-state index in [1.165, 1.54) is 0 Å². The predicted octanol–water partition coefficient (Wildman–Crippen LogP) is 2.22. The van der Waals surface area contributed by atoms with E-state index in [1.807, 2.05) is 38.1 Å². The average molecular weight is 441 g/mol. The lowest BCUT2D eigenvalue weighted by Gasteiger charge is -2.32. The Hall–Kier alpha value is -2.00. The van der Waals surface area contributed by atoms with Gasteiger partial charge in [-0.3, -0.25) is 4.99 Å². The quantitative estimate of drug-likeness (QED) is 0.311. The number of piperidine rings is 1. The van der Waals surface area contributed by atoms with Gasteiger partial charge in [0.25, 0.3) is 0 Å². The molecule has 170 valence electrons. The summed E-state index contributed by atoms with van der Waals surface area (Å²) in [4.78, 5) is 4.63. The first-order valence-corrected chi connectivity index (χ1v) is 12.4. The van der Waals surface area contributed by atoms with Crippen molar-refractivity contribution in [3.63, 3.8) is 0 Å². The van der Waals surface area contributed by atoms with Crippen molar-refractivity contribution < 1.29 is 17.9 Å². The summed E-state index contributed by atoms with van der Waals surface area (Å²) >= 11 is 0. The molecule has 8 nitrogen and oxygen atoms in total. The second-order valence-corrected chi connectivity index (χ2v) is 9.36. The minimum atomic E-state index is -3.11. The van der Waals surface area contributed by atoms with Crippen LogP contribution >= 0.6 is 0 Å². The molecule has 0 saturated carbocycles. The smallest absolute Gasteiger partial charge is 0.214 e. The third-order valence-electron chi connectivity index (χ3n) is 4.88. The van der Waals surface area contributed by atoms with Gasteiger partial charge in [-0.15, -0.1) is 0 Å². The van der Waals surface area contributed by atoms with Gasteiger partial charge in [0.1, 0.15) is 11.5 Å². The molecule has 0 aromatic heterocycles. The van der Waals surface area contributed by atoms with Gasteiger partial charge in [0, 0.05) is 44.7 Å². The maximum absolute atomic E-state index is 12.2. The Morgan fingerprint density at radius 2 is 1.97 bits per heavy atom. The van der Waals surface area contributed by atoms with Crippen molar-refractivity contribution in [3.05, 3.63) is 24.3 Å².